The van der Waals surface area contributed by atoms with Gasteiger partial charge in [0, 0.05) is 6.07 Å². The minimum Gasteiger partial charge on any atom is -0.369 e. The summed E-state index contributed by atoms with van der Waals surface area (Å²) in [6.45, 7) is 3.55. The fourth-order valence-corrected chi connectivity index (χ4v) is 2.46. The number of nitrogens with two attached hydrogens (primary N) is 1. The molecule has 0 radical (unpaired) electrons. The summed E-state index contributed by atoms with van der Waals surface area (Å²) in [5.74, 6) is -0.0889. The molecule has 0 spiro atoms. The van der Waals surface area contributed by atoms with E-state index in [9.17, 15) is 9.65 Å². The lowest BCUT2D eigenvalue weighted by Crippen LogP contribution is -2.04. The second-order valence-corrected chi connectivity index (χ2v) is 4.98. The van der Waals surface area contributed by atoms with E-state index in [0.29, 0.717) is 27.8 Å². The van der Waals surface area contributed by atoms with Gasteiger partial charge in [0.15, 0.2) is 0 Å². The Morgan fingerprint density at radius 3 is 2.71 bits per heavy atom. The van der Waals surface area contributed by atoms with Crippen LogP contribution in [0.5, 0.6) is 0 Å². The van der Waals surface area contributed by atoms with E-state index in [1.54, 1.807) is 17.6 Å². The zero-order valence-electron chi connectivity index (χ0n) is 11.7. The minimum atomic E-state index is -0.322. The van der Waals surface area contributed by atoms with Crippen molar-refractivity contribution in [2.24, 2.45) is 0 Å². The first-order valence-electron chi connectivity index (χ1n) is 6.47. The van der Waals surface area contributed by atoms with E-state index in [1.807, 2.05) is 25.1 Å². The van der Waals surface area contributed by atoms with Gasteiger partial charge in [0.05, 0.1) is 22.3 Å². The number of hydrogen-bond donors (Lipinski definition) is 1. The molecule has 0 aliphatic rings. The number of fused-ring (bicyclic) bond motifs is 1. The number of hydrogen-bond acceptors (Lipinski definition) is 3. The Kier molecular flexibility index (Phi) is 2.88. The van der Waals surface area contributed by atoms with Gasteiger partial charge in [0.1, 0.15) is 11.9 Å². The number of benzene rings is 2. The molecule has 0 unspecified atom stereocenters. The van der Waals surface area contributed by atoms with Crippen molar-refractivity contribution in [3.8, 4) is 11.8 Å². The first kappa shape index (κ1) is 13.1. The maximum Gasteiger partial charge on any atom is 0.205 e. The number of aryl methyl sites for hydroxylation is 2. The zero-order valence-corrected chi connectivity index (χ0v) is 11.7. The van der Waals surface area contributed by atoms with Gasteiger partial charge in [0.2, 0.25) is 5.95 Å². The summed E-state index contributed by atoms with van der Waals surface area (Å²) < 4.78 is 15.3. The molecule has 0 bridgehead atoms. The molecule has 0 atom stereocenters. The Bertz CT molecular complexity index is 903. The lowest BCUT2D eigenvalue weighted by atomic mass is 10.1. The monoisotopic (exact) mass is 280 g/mol. The molecule has 3 aromatic rings. The fraction of sp³-hybridized carbons (Fsp3) is 0.125. The molecule has 4 nitrogen and oxygen atoms in total. The Hall–Kier alpha value is -2.87. The maximum atomic E-state index is 13.7. The van der Waals surface area contributed by atoms with E-state index in [-0.39, 0.29) is 11.8 Å². The van der Waals surface area contributed by atoms with Gasteiger partial charge in [-0.1, -0.05) is 12.1 Å². The summed E-state index contributed by atoms with van der Waals surface area (Å²) >= 11 is 0. The number of halogens is 1. The molecule has 1 heterocycles. The second-order valence-electron chi connectivity index (χ2n) is 4.98. The van der Waals surface area contributed by atoms with Gasteiger partial charge in [-0.05, 0) is 37.1 Å². The van der Waals surface area contributed by atoms with Gasteiger partial charge in [0.25, 0.3) is 0 Å². The highest BCUT2D eigenvalue weighted by atomic mass is 19.1. The highest BCUT2D eigenvalue weighted by Crippen LogP contribution is 2.28. The molecule has 5 heteroatoms. The molecular formula is C16H13FN4. The summed E-state index contributed by atoms with van der Waals surface area (Å²) in [5.41, 5.74) is 9.70. The second kappa shape index (κ2) is 4.60. The molecule has 0 amide bonds. The van der Waals surface area contributed by atoms with Crippen LogP contribution in [0.4, 0.5) is 10.3 Å². The number of nitriles is 1. The third kappa shape index (κ3) is 1.93. The Morgan fingerprint density at radius 2 is 2.00 bits per heavy atom. The number of aromatic nitrogens is 2. The normalized spacial score (nSPS) is 10.8. The molecule has 21 heavy (non-hydrogen) atoms. The van der Waals surface area contributed by atoms with Crippen molar-refractivity contribution in [3.05, 3.63) is 52.8 Å². The van der Waals surface area contributed by atoms with E-state index >= 15 is 0 Å². The fourth-order valence-electron chi connectivity index (χ4n) is 2.46. The van der Waals surface area contributed by atoms with Crippen molar-refractivity contribution >= 4 is 17.0 Å². The third-order valence-electron chi connectivity index (χ3n) is 3.56. The third-order valence-corrected chi connectivity index (χ3v) is 3.56. The van der Waals surface area contributed by atoms with Crippen LogP contribution in [0.25, 0.3) is 16.7 Å². The molecule has 0 aliphatic heterocycles. The Balaban J connectivity index is 2.41. The van der Waals surface area contributed by atoms with Crippen LogP contribution >= 0.6 is 0 Å². The van der Waals surface area contributed by atoms with E-state index in [1.165, 1.54) is 6.07 Å². The summed E-state index contributed by atoms with van der Waals surface area (Å²) in [6.07, 6.45) is 0. The van der Waals surface area contributed by atoms with Gasteiger partial charge < -0.3 is 5.73 Å². The smallest absolute Gasteiger partial charge is 0.205 e. The first-order chi connectivity index (χ1) is 10.0. The summed E-state index contributed by atoms with van der Waals surface area (Å²) in [6, 6.07) is 10.8. The highest BCUT2D eigenvalue weighted by molar-refractivity contribution is 5.82. The molecule has 0 saturated carbocycles. The maximum absolute atomic E-state index is 13.7. The van der Waals surface area contributed by atoms with E-state index in [2.05, 4.69) is 11.1 Å². The number of rotatable bonds is 1. The number of imidazole rings is 1. The van der Waals surface area contributed by atoms with Crippen molar-refractivity contribution in [2.75, 3.05) is 5.73 Å². The van der Waals surface area contributed by atoms with Crippen LogP contribution in [0.1, 0.15) is 16.7 Å². The highest BCUT2D eigenvalue weighted by Gasteiger charge is 2.15. The predicted octanol–water partition coefficient (Wildman–Crippen LogP) is 3.24. The molecule has 1 aromatic heterocycles. The largest absolute Gasteiger partial charge is 0.369 e. The molecule has 104 valence electrons. The molecule has 0 fully saturated rings. The van der Waals surface area contributed by atoms with Crippen LogP contribution in [0.2, 0.25) is 0 Å². The van der Waals surface area contributed by atoms with Crippen molar-refractivity contribution in [1.29, 1.82) is 5.26 Å². The molecule has 3 rings (SSSR count). The molecule has 0 aliphatic carbocycles. The van der Waals surface area contributed by atoms with Gasteiger partial charge in [-0.25, -0.2) is 9.37 Å². The van der Waals surface area contributed by atoms with Crippen LogP contribution in [0.15, 0.2) is 30.3 Å². The van der Waals surface area contributed by atoms with Crippen LogP contribution in [-0.4, -0.2) is 9.55 Å². The molecule has 2 aromatic carbocycles. The molecule has 2 N–H and O–H groups in total. The van der Waals surface area contributed by atoms with E-state index < -0.39 is 0 Å². The Morgan fingerprint density at radius 1 is 1.24 bits per heavy atom. The number of anilines is 1. The summed E-state index contributed by atoms with van der Waals surface area (Å²) in [7, 11) is 0. The van der Waals surface area contributed by atoms with Gasteiger partial charge in [-0.2, -0.15) is 5.26 Å². The van der Waals surface area contributed by atoms with Crippen molar-refractivity contribution < 1.29 is 4.39 Å². The number of nitrogens with zero attached hydrogens (tertiary/aromatic N) is 3. The lowest BCUT2D eigenvalue weighted by Gasteiger charge is -2.10. The molecular weight excluding hydrogens is 267 g/mol. The minimum absolute atomic E-state index is 0.233. The molecule has 0 saturated heterocycles. The van der Waals surface area contributed by atoms with E-state index in [0.717, 1.165) is 5.56 Å². The van der Waals surface area contributed by atoms with E-state index in [4.69, 9.17) is 5.73 Å². The van der Waals surface area contributed by atoms with Crippen LogP contribution in [-0.2, 0) is 0 Å². The van der Waals surface area contributed by atoms with Crippen molar-refractivity contribution in [1.82, 2.24) is 9.55 Å². The van der Waals surface area contributed by atoms with Gasteiger partial charge >= 0.3 is 0 Å². The van der Waals surface area contributed by atoms with Gasteiger partial charge in [-0.3, -0.25) is 4.57 Å². The van der Waals surface area contributed by atoms with Crippen LogP contribution in [0, 0.1) is 31.0 Å². The summed E-state index contributed by atoms with van der Waals surface area (Å²) in [4.78, 5) is 4.19. The quantitative estimate of drug-likeness (QED) is 0.744. The van der Waals surface area contributed by atoms with Crippen LogP contribution < -0.4 is 5.73 Å². The SMILES string of the molecule is Cc1cc2c(cc1F)nc(N)n2-c1cccc(C)c1C#N. The summed E-state index contributed by atoms with van der Waals surface area (Å²) in [5, 5.41) is 9.38. The lowest BCUT2D eigenvalue weighted by molar-refractivity contribution is 0.620. The topological polar surface area (TPSA) is 67.6 Å². The predicted molar refractivity (Wildman–Crippen MR) is 79.6 cm³/mol. The van der Waals surface area contributed by atoms with Crippen molar-refractivity contribution in [3.63, 3.8) is 0 Å². The van der Waals surface area contributed by atoms with Gasteiger partial charge in [-0.15, -0.1) is 0 Å². The number of nitrogen functional groups attached to an aromatic ring is 1. The average molecular weight is 280 g/mol. The standard InChI is InChI=1S/C16H13FN4/c1-9-4-3-5-14(11(9)8-18)21-15-6-10(2)12(17)7-13(15)20-16(21)19/h3-7H,1-2H3,(H2,19,20). The zero-order chi connectivity index (χ0) is 15.1. The van der Waals surface area contributed by atoms with Crippen molar-refractivity contribution in [2.45, 2.75) is 13.8 Å². The Labute approximate surface area is 121 Å². The average Bonchev–Trinajstić information content (AvgIpc) is 2.74. The van der Waals surface area contributed by atoms with Crippen LogP contribution in [0.3, 0.4) is 0 Å². The first-order valence-corrected chi connectivity index (χ1v) is 6.47.